The Kier molecular flexibility index (Phi) is 5.06. The molecule has 1 aliphatic rings. The number of likely N-dealkylation sites (tertiary alicyclic amines) is 1. The quantitative estimate of drug-likeness (QED) is 0.522. The van der Waals surface area contributed by atoms with Crippen LogP contribution in [0.3, 0.4) is 0 Å². The van der Waals surface area contributed by atoms with Gasteiger partial charge in [0.15, 0.2) is 11.6 Å². The van der Waals surface area contributed by atoms with Gasteiger partial charge in [-0.2, -0.15) is 0 Å². The van der Waals surface area contributed by atoms with Gasteiger partial charge < -0.3 is 5.32 Å². The summed E-state index contributed by atoms with van der Waals surface area (Å²) < 4.78 is 43.1. The molecule has 0 atom stereocenters. The molecule has 0 spiro atoms. The fraction of sp³-hybridized carbons (Fsp3) is 0.278. The molecule has 2 aromatic rings. The average molecular weight is 461 g/mol. The van der Waals surface area contributed by atoms with E-state index in [1.165, 1.54) is 18.2 Å². The van der Waals surface area contributed by atoms with Gasteiger partial charge in [0.25, 0.3) is 0 Å². The van der Waals surface area contributed by atoms with Crippen molar-refractivity contribution in [3.05, 3.63) is 56.9 Å². The third-order valence-electron chi connectivity index (χ3n) is 4.72. The Balaban J connectivity index is 2.05. The van der Waals surface area contributed by atoms with Crippen molar-refractivity contribution in [2.45, 2.75) is 13.3 Å². The molecule has 25 heavy (non-hydrogen) atoms. The first-order valence-corrected chi connectivity index (χ1v) is 9.07. The first-order valence-electron chi connectivity index (χ1n) is 7.99. The van der Waals surface area contributed by atoms with E-state index >= 15 is 0 Å². The molecule has 2 aromatic carbocycles. The van der Waals surface area contributed by atoms with E-state index in [0.717, 1.165) is 12.5 Å². The van der Waals surface area contributed by atoms with E-state index in [1.54, 1.807) is 6.07 Å². The van der Waals surface area contributed by atoms with E-state index in [4.69, 9.17) is 0 Å². The number of benzene rings is 2. The maximum absolute atomic E-state index is 14.4. The van der Waals surface area contributed by atoms with Gasteiger partial charge in [-0.15, -0.1) is 0 Å². The minimum atomic E-state index is -1.18. The Morgan fingerprint density at radius 3 is 2.44 bits per heavy atom. The van der Waals surface area contributed by atoms with E-state index in [0.29, 0.717) is 23.2 Å². The SMILES string of the molecule is CC[N+]1(C(=O)c2ccc(F)c(F)c2Nc2ccc(I)cc2F)CCC1. The lowest BCUT2D eigenvalue weighted by Gasteiger charge is -2.42. The van der Waals surface area contributed by atoms with Crippen molar-refractivity contribution in [2.75, 3.05) is 25.0 Å². The minimum Gasteiger partial charge on any atom is -0.350 e. The van der Waals surface area contributed by atoms with E-state index < -0.39 is 17.5 Å². The van der Waals surface area contributed by atoms with Crippen molar-refractivity contribution in [1.82, 2.24) is 0 Å². The number of anilines is 2. The molecule has 3 nitrogen and oxygen atoms in total. The highest BCUT2D eigenvalue weighted by atomic mass is 127. The summed E-state index contributed by atoms with van der Waals surface area (Å²) in [4.78, 5) is 12.9. The van der Waals surface area contributed by atoms with Crippen molar-refractivity contribution < 1.29 is 22.4 Å². The maximum atomic E-state index is 14.4. The molecule has 0 saturated carbocycles. The number of hydrogen-bond acceptors (Lipinski definition) is 2. The molecule has 1 fully saturated rings. The van der Waals surface area contributed by atoms with Crippen LogP contribution in [0.1, 0.15) is 23.7 Å². The Morgan fingerprint density at radius 1 is 1.16 bits per heavy atom. The molecular formula is C18H17F3IN2O+. The van der Waals surface area contributed by atoms with Gasteiger partial charge in [-0.25, -0.2) is 18.0 Å². The van der Waals surface area contributed by atoms with Gasteiger partial charge in [0.1, 0.15) is 11.4 Å². The number of quaternary nitrogens is 1. The summed E-state index contributed by atoms with van der Waals surface area (Å²) in [6.07, 6.45) is 0.914. The van der Waals surface area contributed by atoms with Crippen molar-refractivity contribution in [3.8, 4) is 0 Å². The van der Waals surface area contributed by atoms with Gasteiger partial charge in [-0.1, -0.05) is 0 Å². The van der Waals surface area contributed by atoms with E-state index in [9.17, 15) is 18.0 Å². The number of halogens is 4. The number of carbonyl (C=O) groups is 1. The fourth-order valence-electron chi connectivity index (χ4n) is 3.03. The number of carbonyl (C=O) groups excluding carboxylic acids is 1. The van der Waals surface area contributed by atoms with Crippen molar-refractivity contribution in [3.63, 3.8) is 0 Å². The highest BCUT2D eigenvalue weighted by molar-refractivity contribution is 14.1. The Morgan fingerprint density at radius 2 is 1.88 bits per heavy atom. The number of hydrogen-bond donors (Lipinski definition) is 1. The van der Waals surface area contributed by atoms with Crippen LogP contribution in [-0.2, 0) is 0 Å². The number of nitrogens with one attached hydrogen (secondary N) is 1. The molecule has 1 saturated heterocycles. The number of rotatable bonds is 4. The summed E-state index contributed by atoms with van der Waals surface area (Å²) >= 11 is 1.95. The summed E-state index contributed by atoms with van der Waals surface area (Å²) in [5.74, 6) is -3.14. The summed E-state index contributed by atoms with van der Waals surface area (Å²) in [6, 6.07) is 6.55. The summed E-state index contributed by atoms with van der Waals surface area (Å²) in [6.45, 7) is 3.81. The second-order valence-electron chi connectivity index (χ2n) is 6.10. The molecule has 7 heteroatoms. The van der Waals surface area contributed by atoms with Crippen molar-refractivity contribution in [2.24, 2.45) is 0 Å². The number of nitrogens with zero attached hydrogens (tertiary/aromatic N) is 1. The second kappa shape index (κ2) is 6.95. The molecule has 0 radical (unpaired) electrons. The highest BCUT2D eigenvalue weighted by Crippen LogP contribution is 2.32. The van der Waals surface area contributed by atoms with Gasteiger partial charge in [-0.05, 0) is 59.8 Å². The molecule has 0 aliphatic carbocycles. The predicted octanol–water partition coefficient (Wildman–Crippen LogP) is 4.83. The van der Waals surface area contributed by atoms with Crippen LogP contribution in [0.15, 0.2) is 30.3 Å². The molecule has 0 bridgehead atoms. The van der Waals surface area contributed by atoms with Gasteiger partial charge in [0, 0.05) is 9.99 Å². The van der Waals surface area contributed by atoms with Crippen LogP contribution < -0.4 is 5.32 Å². The monoisotopic (exact) mass is 461 g/mol. The Labute approximate surface area is 157 Å². The maximum Gasteiger partial charge on any atom is 0.348 e. The van der Waals surface area contributed by atoms with Crippen LogP contribution >= 0.6 is 22.6 Å². The number of amides is 1. The molecule has 1 aliphatic heterocycles. The molecule has 132 valence electrons. The van der Waals surface area contributed by atoms with Gasteiger partial charge in [0.2, 0.25) is 0 Å². The summed E-state index contributed by atoms with van der Waals surface area (Å²) in [7, 11) is 0. The zero-order valence-corrected chi connectivity index (χ0v) is 15.7. The van der Waals surface area contributed by atoms with Crippen LogP contribution in [0.5, 0.6) is 0 Å². The summed E-state index contributed by atoms with van der Waals surface area (Å²) in [5, 5.41) is 2.58. The minimum absolute atomic E-state index is 0.00868. The smallest absolute Gasteiger partial charge is 0.348 e. The molecule has 0 unspecified atom stereocenters. The summed E-state index contributed by atoms with van der Waals surface area (Å²) in [5.41, 5.74) is -0.285. The van der Waals surface area contributed by atoms with Crippen LogP contribution in [-0.4, -0.2) is 30.0 Å². The zero-order valence-electron chi connectivity index (χ0n) is 13.6. The second-order valence-corrected chi connectivity index (χ2v) is 7.35. The van der Waals surface area contributed by atoms with Gasteiger partial charge in [0.05, 0.1) is 31.0 Å². The Bertz CT molecular complexity index is 832. The Hall–Kier alpha value is -1.61. The van der Waals surface area contributed by atoms with Gasteiger partial charge >= 0.3 is 5.91 Å². The highest BCUT2D eigenvalue weighted by Gasteiger charge is 2.43. The zero-order chi connectivity index (χ0) is 18.2. The third kappa shape index (κ3) is 3.27. The van der Waals surface area contributed by atoms with Crippen LogP contribution in [0.2, 0.25) is 0 Å². The normalized spacial score (nSPS) is 15.6. The van der Waals surface area contributed by atoms with Crippen LogP contribution in [0.4, 0.5) is 24.5 Å². The van der Waals surface area contributed by atoms with Crippen LogP contribution in [0, 0.1) is 21.0 Å². The first-order chi connectivity index (χ1) is 11.9. The molecule has 1 heterocycles. The third-order valence-corrected chi connectivity index (χ3v) is 5.40. The molecule has 3 rings (SSSR count). The lowest BCUT2D eigenvalue weighted by Crippen LogP contribution is -2.61. The van der Waals surface area contributed by atoms with Gasteiger partial charge in [-0.3, -0.25) is 4.48 Å². The predicted molar refractivity (Wildman–Crippen MR) is 98.2 cm³/mol. The largest absolute Gasteiger partial charge is 0.350 e. The van der Waals surface area contributed by atoms with Crippen molar-refractivity contribution in [1.29, 1.82) is 0 Å². The fourth-order valence-corrected chi connectivity index (χ4v) is 3.49. The lowest BCUT2D eigenvalue weighted by molar-refractivity contribution is -0.886. The molecule has 1 amide bonds. The van der Waals surface area contributed by atoms with E-state index in [1.807, 2.05) is 29.5 Å². The standard InChI is InChI=1S/C18H16F3IN2O/c1-2-24(8-3-9-24)18(25)12-5-6-13(19)16(21)17(12)23-15-7-4-11(22)10-14(15)20/h4-7,10H,2-3,8-9H2,1H3/p+1. The lowest BCUT2D eigenvalue weighted by atomic mass is 10.0. The van der Waals surface area contributed by atoms with Crippen molar-refractivity contribution >= 4 is 39.9 Å². The molecule has 1 N–H and O–H groups in total. The first kappa shape index (κ1) is 18.2. The van der Waals surface area contributed by atoms with E-state index in [2.05, 4.69) is 5.32 Å². The molecular weight excluding hydrogens is 444 g/mol. The molecule has 0 aromatic heterocycles. The van der Waals surface area contributed by atoms with Crippen LogP contribution in [0.25, 0.3) is 0 Å². The average Bonchev–Trinajstić information content (AvgIpc) is 2.53. The topological polar surface area (TPSA) is 29.1 Å². The van der Waals surface area contributed by atoms with E-state index in [-0.39, 0.29) is 27.3 Å².